The maximum Gasteiger partial charge on any atom is 0.277 e. The van der Waals surface area contributed by atoms with Gasteiger partial charge in [-0.3, -0.25) is 4.79 Å². The van der Waals surface area contributed by atoms with E-state index in [0.29, 0.717) is 11.3 Å². The molecule has 1 amide bonds. The van der Waals surface area contributed by atoms with Crippen LogP contribution in [0.1, 0.15) is 16.7 Å². The van der Waals surface area contributed by atoms with E-state index in [0.717, 1.165) is 14.7 Å². The first-order chi connectivity index (χ1) is 11.0. The summed E-state index contributed by atoms with van der Waals surface area (Å²) in [5.74, 6) is 0.418. The lowest BCUT2D eigenvalue weighted by Gasteiger charge is -2.09. The Balaban J connectivity index is 1.89. The van der Waals surface area contributed by atoms with Crippen molar-refractivity contribution in [1.29, 1.82) is 0 Å². The molecule has 0 atom stereocenters. The van der Waals surface area contributed by atoms with Gasteiger partial charge in [-0.25, -0.2) is 5.43 Å². The van der Waals surface area contributed by atoms with Crippen molar-refractivity contribution >= 4 is 34.7 Å². The van der Waals surface area contributed by atoms with E-state index < -0.39 is 0 Å². The molecule has 0 saturated heterocycles. The summed E-state index contributed by atoms with van der Waals surface area (Å²) in [6, 6.07) is 10.8. The highest BCUT2D eigenvalue weighted by Gasteiger charge is 2.05. The summed E-state index contributed by atoms with van der Waals surface area (Å²) in [5.41, 5.74) is 5.02. The number of amides is 1. The van der Waals surface area contributed by atoms with Crippen LogP contribution in [0.15, 0.2) is 41.5 Å². The Morgan fingerprint density at radius 2 is 2.13 bits per heavy atom. The normalized spacial score (nSPS) is 10.7. The van der Waals surface area contributed by atoms with E-state index >= 15 is 0 Å². The molecule has 0 unspecified atom stereocenters. The van der Waals surface area contributed by atoms with Crippen molar-refractivity contribution < 1.29 is 14.6 Å². The van der Waals surface area contributed by atoms with Crippen LogP contribution in [0.4, 0.5) is 0 Å². The van der Waals surface area contributed by atoms with E-state index in [2.05, 4.69) is 33.1 Å². The van der Waals surface area contributed by atoms with Crippen LogP contribution in [0.2, 0.25) is 0 Å². The van der Waals surface area contributed by atoms with Gasteiger partial charge in [0.25, 0.3) is 5.91 Å². The average molecular weight is 424 g/mol. The maximum absolute atomic E-state index is 11.7. The number of hydrazone groups is 1. The summed E-state index contributed by atoms with van der Waals surface area (Å²) in [7, 11) is 0. The summed E-state index contributed by atoms with van der Waals surface area (Å²) in [4.78, 5) is 11.7. The van der Waals surface area contributed by atoms with E-state index in [4.69, 9.17) is 4.74 Å². The van der Waals surface area contributed by atoms with E-state index in [-0.39, 0.29) is 18.3 Å². The number of rotatable bonds is 5. The van der Waals surface area contributed by atoms with E-state index in [1.807, 2.05) is 32.0 Å². The van der Waals surface area contributed by atoms with Crippen molar-refractivity contribution in [3.63, 3.8) is 0 Å². The molecule has 0 radical (unpaired) electrons. The topological polar surface area (TPSA) is 70.9 Å². The molecule has 0 heterocycles. The zero-order chi connectivity index (χ0) is 16.8. The lowest BCUT2D eigenvalue weighted by Crippen LogP contribution is -2.24. The zero-order valence-electron chi connectivity index (χ0n) is 12.8. The first kappa shape index (κ1) is 17.3. The largest absolute Gasteiger partial charge is 0.507 e. The molecule has 0 aliphatic heterocycles. The van der Waals surface area contributed by atoms with Gasteiger partial charge in [-0.1, -0.05) is 12.1 Å². The third-order valence-electron chi connectivity index (χ3n) is 3.30. The number of hydrogen-bond acceptors (Lipinski definition) is 4. The Morgan fingerprint density at radius 3 is 2.91 bits per heavy atom. The summed E-state index contributed by atoms with van der Waals surface area (Å²) in [6.45, 7) is 3.81. The van der Waals surface area contributed by atoms with Crippen LogP contribution in [0.5, 0.6) is 11.5 Å². The highest BCUT2D eigenvalue weighted by Crippen LogP contribution is 2.20. The molecule has 0 aromatic heterocycles. The molecule has 0 fully saturated rings. The van der Waals surface area contributed by atoms with Crippen LogP contribution >= 0.6 is 22.6 Å². The number of aryl methyl sites for hydroxylation is 1. The monoisotopic (exact) mass is 424 g/mol. The van der Waals surface area contributed by atoms with Crippen LogP contribution in [-0.4, -0.2) is 23.8 Å². The molecule has 2 rings (SSSR count). The highest BCUT2D eigenvalue weighted by atomic mass is 127. The summed E-state index contributed by atoms with van der Waals surface area (Å²) >= 11 is 2.13. The first-order valence-electron chi connectivity index (χ1n) is 6.97. The molecule has 23 heavy (non-hydrogen) atoms. The van der Waals surface area contributed by atoms with Gasteiger partial charge < -0.3 is 9.84 Å². The van der Waals surface area contributed by atoms with Crippen LogP contribution in [0.25, 0.3) is 0 Å². The quantitative estimate of drug-likeness (QED) is 0.440. The van der Waals surface area contributed by atoms with Gasteiger partial charge in [0.05, 0.1) is 6.21 Å². The Labute approximate surface area is 148 Å². The van der Waals surface area contributed by atoms with Crippen molar-refractivity contribution in [2.75, 3.05) is 6.61 Å². The van der Waals surface area contributed by atoms with Gasteiger partial charge in [0.1, 0.15) is 11.5 Å². The number of nitrogens with one attached hydrogen (secondary N) is 1. The predicted octanol–water partition coefficient (Wildman–Crippen LogP) is 3.14. The number of phenols is 1. The van der Waals surface area contributed by atoms with Gasteiger partial charge in [-0.15, -0.1) is 0 Å². The number of nitrogens with zero attached hydrogens (tertiary/aromatic N) is 1. The van der Waals surface area contributed by atoms with Gasteiger partial charge in [-0.2, -0.15) is 5.10 Å². The molecule has 2 N–H and O–H groups in total. The molecule has 0 bridgehead atoms. The standard InChI is InChI=1S/C17H17IN2O3/c1-11-4-3-5-16(12(11)2)23-10-17(22)20-19-9-13-8-14(18)6-7-15(13)21/h3-9,21H,10H2,1-2H3,(H,20,22). The van der Waals surface area contributed by atoms with Crippen LogP contribution in [-0.2, 0) is 4.79 Å². The van der Waals surface area contributed by atoms with Gasteiger partial charge in [0, 0.05) is 9.13 Å². The number of carbonyl (C=O) groups is 1. The van der Waals surface area contributed by atoms with Crippen LogP contribution < -0.4 is 10.2 Å². The Hall–Kier alpha value is -2.09. The van der Waals surface area contributed by atoms with Gasteiger partial charge in [0.2, 0.25) is 0 Å². The molecule has 6 heteroatoms. The molecule has 0 saturated carbocycles. The number of hydrogen-bond donors (Lipinski definition) is 2. The maximum atomic E-state index is 11.7. The van der Waals surface area contributed by atoms with Crippen LogP contribution in [0, 0.1) is 17.4 Å². The van der Waals surface area contributed by atoms with E-state index in [1.165, 1.54) is 6.21 Å². The molecular formula is C17H17IN2O3. The molecule has 2 aromatic carbocycles. The number of ether oxygens (including phenoxy) is 1. The minimum absolute atomic E-state index is 0.107. The Kier molecular flexibility index (Phi) is 5.97. The predicted molar refractivity (Wildman–Crippen MR) is 98.0 cm³/mol. The number of benzene rings is 2. The number of aromatic hydroxyl groups is 1. The molecule has 0 spiro atoms. The minimum Gasteiger partial charge on any atom is -0.507 e. The number of halogens is 1. The van der Waals surface area contributed by atoms with Gasteiger partial charge >= 0.3 is 0 Å². The van der Waals surface area contributed by atoms with Crippen LogP contribution in [0.3, 0.4) is 0 Å². The van der Waals surface area contributed by atoms with Gasteiger partial charge in [-0.05, 0) is 71.8 Å². The van der Waals surface area contributed by atoms with Crippen molar-refractivity contribution in [3.8, 4) is 11.5 Å². The average Bonchev–Trinajstić information content (AvgIpc) is 2.52. The minimum atomic E-state index is -0.368. The lowest BCUT2D eigenvalue weighted by atomic mass is 10.1. The van der Waals surface area contributed by atoms with Crippen molar-refractivity contribution in [2.45, 2.75) is 13.8 Å². The first-order valence-corrected chi connectivity index (χ1v) is 8.04. The third-order valence-corrected chi connectivity index (χ3v) is 3.97. The van der Waals surface area contributed by atoms with E-state index in [1.54, 1.807) is 18.2 Å². The summed E-state index contributed by atoms with van der Waals surface area (Å²) in [5, 5.41) is 13.5. The Bertz CT molecular complexity index is 745. The Morgan fingerprint density at radius 1 is 1.35 bits per heavy atom. The SMILES string of the molecule is Cc1cccc(OCC(=O)NN=Cc2cc(I)ccc2O)c1C. The third kappa shape index (κ3) is 4.95. The summed E-state index contributed by atoms with van der Waals surface area (Å²) in [6.07, 6.45) is 1.40. The molecule has 120 valence electrons. The zero-order valence-corrected chi connectivity index (χ0v) is 15.0. The molecule has 2 aromatic rings. The second-order valence-electron chi connectivity index (χ2n) is 4.98. The van der Waals surface area contributed by atoms with Gasteiger partial charge in [0.15, 0.2) is 6.61 Å². The molecule has 5 nitrogen and oxygen atoms in total. The molecular weight excluding hydrogens is 407 g/mol. The lowest BCUT2D eigenvalue weighted by molar-refractivity contribution is -0.123. The fraction of sp³-hybridized carbons (Fsp3) is 0.176. The fourth-order valence-electron chi connectivity index (χ4n) is 1.86. The van der Waals surface area contributed by atoms with E-state index in [9.17, 15) is 9.90 Å². The second kappa shape index (κ2) is 7.96. The highest BCUT2D eigenvalue weighted by molar-refractivity contribution is 14.1. The van der Waals surface area contributed by atoms with Crippen molar-refractivity contribution in [1.82, 2.24) is 5.43 Å². The fourth-order valence-corrected chi connectivity index (χ4v) is 2.37. The number of phenolic OH excluding ortho intramolecular Hbond substituents is 1. The number of carbonyl (C=O) groups excluding carboxylic acids is 1. The second-order valence-corrected chi connectivity index (χ2v) is 6.23. The molecule has 0 aliphatic rings. The smallest absolute Gasteiger partial charge is 0.277 e. The van der Waals surface area contributed by atoms with Crippen molar-refractivity contribution in [2.24, 2.45) is 5.10 Å². The van der Waals surface area contributed by atoms with Crippen molar-refractivity contribution in [3.05, 3.63) is 56.7 Å². The molecule has 0 aliphatic carbocycles. The summed E-state index contributed by atoms with van der Waals surface area (Å²) < 4.78 is 6.45.